The summed E-state index contributed by atoms with van der Waals surface area (Å²) in [5, 5.41) is 13.3. The first-order chi connectivity index (χ1) is 12.1. The van der Waals surface area contributed by atoms with Gasteiger partial charge in [0, 0.05) is 11.5 Å². The number of hydrogen-bond acceptors (Lipinski definition) is 8. The van der Waals surface area contributed by atoms with Crippen LogP contribution in [0.15, 0.2) is 9.95 Å². The van der Waals surface area contributed by atoms with Gasteiger partial charge in [-0.3, -0.25) is 4.79 Å². The Hall–Kier alpha value is -1.78. The number of thioether (sulfide) groups is 1. The van der Waals surface area contributed by atoms with Crippen molar-refractivity contribution in [1.29, 1.82) is 0 Å². The number of rotatable bonds is 5. The number of fused-ring (bicyclic) bond motifs is 1. The largest absolute Gasteiger partial charge is 0.376 e. The van der Waals surface area contributed by atoms with Crippen molar-refractivity contribution in [2.45, 2.75) is 50.2 Å². The molecule has 3 aromatic rings. The molecule has 0 aliphatic carbocycles. The fraction of sp³-hybridized carbons (Fsp3) is 0.533. The molecule has 1 N–H and O–H groups in total. The smallest absolute Gasteiger partial charge is 0.259 e. The van der Waals surface area contributed by atoms with E-state index in [1.807, 2.05) is 13.8 Å². The predicted molar refractivity (Wildman–Crippen MR) is 96.1 cm³/mol. The standard InChI is InChI=1S/C15H18N6O2S2/c1-8-9(2)25-14-12(8)13(22)16-11(17-14)7-24-15-18-19-20-21(15)6-10-4-3-5-23-10/h10H,3-7H2,1-2H3,(H,16,17,22)/t10-/m0/s1. The summed E-state index contributed by atoms with van der Waals surface area (Å²) in [4.78, 5) is 21.7. The number of nitrogens with one attached hydrogen (secondary N) is 1. The van der Waals surface area contributed by atoms with E-state index in [0.717, 1.165) is 34.7 Å². The van der Waals surface area contributed by atoms with Gasteiger partial charge >= 0.3 is 0 Å². The van der Waals surface area contributed by atoms with Crippen LogP contribution in [0.2, 0.25) is 0 Å². The Labute approximate surface area is 152 Å². The Balaban J connectivity index is 1.51. The maximum atomic E-state index is 12.3. The molecule has 3 aromatic heterocycles. The van der Waals surface area contributed by atoms with Gasteiger partial charge in [-0.15, -0.1) is 16.4 Å². The molecule has 1 aliphatic rings. The summed E-state index contributed by atoms with van der Waals surface area (Å²) in [6.45, 7) is 5.43. The van der Waals surface area contributed by atoms with Crippen molar-refractivity contribution in [1.82, 2.24) is 30.2 Å². The second-order valence-electron chi connectivity index (χ2n) is 6.04. The van der Waals surface area contributed by atoms with Crippen LogP contribution in [-0.4, -0.2) is 42.9 Å². The molecular formula is C15H18N6O2S2. The molecule has 0 unspecified atom stereocenters. The van der Waals surface area contributed by atoms with E-state index in [2.05, 4.69) is 25.5 Å². The zero-order valence-corrected chi connectivity index (χ0v) is 15.6. The van der Waals surface area contributed by atoms with E-state index in [-0.39, 0.29) is 11.7 Å². The Kier molecular flexibility index (Phi) is 4.57. The van der Waals surface area contributed by atoms with Crippen LogP contribution in [0.4, 0.5) is 0 Å². The number of ether oxygens (including phenoxy) is 1. The molecule has 0 bridgehead atoms. The molecule has 10 heteroatoms. The first-order valence-electron chi connectivity index (χ1n) is 8.11. The molecule has 1 saturated heterocycles. The van der Waals surface area contributed by atoms with Crippen molar-refractivity contribution < 1.29 is 4.74 Å². The summed E-state index contributed by atoms with van der Waals surface area (Å²) in [6, 6.07) is 0. The number of nitrogens with zero attached hydrogens (tertiary/aromatic N) is 5. The first-order valence-corrected chi connectivity index (χ1v) is 9.91. The minimum Gasteiger partial charge on any atom is -0.376 e. The fourth-order valence-corrected chi connectivity index (χ4v) is 4.70. The Bertz CT molecular complexity index is 957. The SMILES string of the molecule is Cc1sc2nc(CSc3nnnn3C[C@@H]3CCCO3)[nH]c(=O)c2c1C. The van der Waals surface area contributed by atoms with Crippen molar-refractivity contribution in [3.63, 3.8) is 0 Å². The maximum Gasteiger partial charge on any atom is 0.259 e. The number of H-pyrrole nitrogens is 1. The molecule has 1 atom stereocenters. The lowest BCUT2D eigenvalue weighted by molar-refractivity contribution is 0.0912. The number of aryl methyl sites for hydroxylation is 2. The topological polar surface area (TPSA) is 98.6 Å². The van der Waals surface area contributed by atoms with Gasteiger partial charge in [0.1, 0.15) is 10.7 Å². The van der Waals surface area contributed by atoms with Crippen molar-refractivity contribution in [3.8, 4) is 0 Å². The van der Waals surface area contributed by atoms with Gasteiger partial charge in [-0.05, 0) is 42.7 Å². The van der Waals surface area contributed by atoms with E-state index in [9.17, 15) is 4.79 Å². The highest BCUT2D eigenvalue weighted by molar-refractivity contribution is 7.98. The molecular weight excluding hydrogens is 360 g/mol. The monoisotopic (exact) mass is 378 g/mol. The van der Waals surface area contributed by atoms with Crippen LogP contribution in [0.5, 0.6) is 0 Å². The van der Waals surface area contributed by atoms with Gasteiger partial charge < -0.3 is 9.72 Å². The highest BCUT2D eigenvalue weighted by Crippen LogP contribution is 2.27. The molecule has 25 heavy (non-hydrogen) atoms. The van der Waals surface area contributed by atoms with Gasteiger partial charge in [0.25, 0.3) is 5.56 Å². The van der Waals surface area contributed by atoms with Crippen LogP contribution < -0.4 is 5.56 Å². The molecule has 1 aliphatic heterocycles. The molecule has 0 radical (unpaired) electrons. The molecule has 132 valence electrons. The predicted octanol–water partition coefficient (Wildman–Crippen LogP) is 2.06. The van der Waals surface area contributed by atoms with Gasteiger partial charge in [0.15, 0.2) is 0 Å². The summed E-state index contributed by atoms with van der Waals surface area (Å²) in [6.07, 6.45) is 2.29. The molecule has 0 amide bonds. The lowest BCUT2D eigenvalue weighted by Crippen LogP contribution is -2.17. The average molecular weight is 378 g/mol. The number of hydrogen-bond donors (Lipinski definition) is 1. The van der Waals surface area contributed by atoms with Gasteiger partial charge in [0.2, 0.25) is 5.16 Å². The van der Waals surface area contributed by atoms with Crippen LogP contribution in [0.1, 0.15) is 29.1 Å². The van der Waals surface area contributed by atoms with Gasteiger partial charge in [-0.1, -0.05) is 11.8 Å². The third-order valence-corrected chi connectivity index (χ3v) is 6.40. The zero-order chi connectivity index (χ0) is 17.4. The van der Waals surface area contributed by atoms with Gasteiger partial charge in [-0.25, -0.2) is 9.67 Å². The fourth-order valence-electron chi connectivity index (χ4n) is 2.90. The normalized spacial score (nSPS) is 17.6. The molecule has 0 saturated carbocycles. The lowest BCUT2D eigenvalue weighted by Gasteiger charge is -2.09. The van der Waals surface area contributed by atoms with E-state index in [1.54, 1.807) is 16.0 Å². The Morgan fingerprint density at radius 1 is 1.44 bits per heavy atom. The molecule has 4 rings (SSSR count). The van der Waals surface area contributed by atoms with Crippen LogP contribution >= 0.6 is 23.1 Å². The molecule has 0 aromatic carbocycles. The highest BCUT2D eigenvalue weighted by Gasteiger charge is 2.19. The summed E-state index contributed by atoms with van der Waals surface area (Å²) in [5.74, 6) is 1.14. The third-order valence-electron chi connectivity index (χ3n) is 4.33. The molecule has 0 spiro atoms. The zero-order valence-electron chi connectivity index (χ0n) is 14.0. The average Bonchev–Trinajstić information content (AvgIpc) is 3.29. The summed E-state index contributed by atoms with van der Waals surface area (Å²) < 4.78 is 7.40. The number of aromatic nitrogens is 6. The molecule has 8 nitrogen and oxygen atoms in total. The summed E-state index contributed by atoms with van der Waals surface area (Å²) >= 11 is 3.01. The maximum absolute atomic E-state index is 12.3. The summed E-state index contributed by atoms with van der Waals surface area (Å²) in [5.41, 5.74) is 0.926. The van der Waals surface area contributed by atoms with Crippen molar-refractivity contribution in [2.24, 2.45) is 0 Å². The lowest BCUT2D eigenvalue weighted by atomic mass is 10.2. The number of aromatic amines is 1. The second kappa shape index (κ2) is 6.85. The van der Waals surface area contributed by atoms with Crippen molar-refractivity contribution in [2.75, 3.05) is 6.61 Å². The minimum absolute atomic E-state index is 0.0820. The quantitative estimate of drug-likeness (QED) is 0.679. The van der Waals surface area contributed by atoms with Crippen LogP contribution in [0.3, 0.4) is 0 Å². The molecule has 4 heterocycles. The van der Waals surface area contributed by atoms with Gasteiger partial charge in [0.05, 0.1) is 23.8 Å². The van der Waals surface area contributed by atoms with Crippen LogP contribution in [0.25, 0.3) is 10.2 Å². The van der Waals surface area contributed by atoms with E-state index in [0.29, 0.717) is 28.7 Å². The first kappa shape index (κ1) is 16.7. The van der Waals surface area contributed by atoms with E-state index < -0.39 is 0 Å². The van der Waals surface area contributed by atoms with Crippen molar-refractivity contribution in [3.05, 3.63) is 26.6 Å². The van der Waals surface area contributed by atoms with Crippen LogP contribution in [0, 0.1) is 13.8 Å². The third kappa shape index (κ3) is 3.33. The Morgan fingerprint density at radius 3 is 3.12 bits per heavy atom. The number of tetrazole rings is 1. The highest BCUT2D eigenvalue weighted by atomic mass is 32.2. The molecule has 1 fully saturated rings. The van der Waals surface area contributed by atoms with E-state index >= 15 is 0 Å². The minimum atomic E-state index is -0.0820. The summed E-state index contributed by atoms with van der Waals surface area (Å²) in [7, 11) is 0. The van der Waals surface area contributed by atoms with Crippen molar-refractivity contribution >= 4 is 33.3 Å². The van der Waals surface area contributed by atoms with E-state index in [1.165, 1.54) is 11.8 Å². The second-order valence-corrected chi connectivity index (χ2v) is 8.19. The van der Waals surface area contributed by atoms with Crippen LogP contribution in [-0.2, 0) is 17.0 Å². The van der Waals surface area contributed by atoms with Gasteiger partial charge in [-0.2, -0.15) is 0 Å². The number of thiophene rings is 1. The Morgan fingerprint density at radius 2 is 2.32 bits per heavy atom. The van der Waals surface area contributed by atoms with E-state index in [4.69, 9.17) is 4.74 Å².